The average molecular weight is 284 g/mol. The monoisotopic (exact) mass is 283 g/mol. The van der Waals surface area contributed by atoms with Crippen LogP contribution in [0.15, 0.2) is 18.6 Å². The predicted molar refractivity (Wildman–Crippen MR) is 74.4 cm³/mol. The molecule has 2 aliphatic heterocycles. The molecule has 6 nitrogen and oxygen atoms in total. The molecule has 0 saturated carbocycles. The maximum Gasteiger partial charge on any atom is 0.228 e. The lowest BCUT2D eigenvalue weighted by Crippen LogP contribution is -2.56. The first-order chi connectivity index (χ1) is 8.84. The van der Waals surface area contributed by atoms with E-state index in [1.807, 2.05) is 4.90 Å². The Kier molecular flexibility index (Phi) is 4.55. The van der Waals surface area contributed by atoms with Gasteiger partial charge in [-0.2, -0.15) is 0 Å². The van der Waals surface area contributed by atoms with Crippen LogP contribution >= 0.6 is 12.4 Å². The van der Waals surface area contributed by atoms with E-state index in [1.54, 1.807) is 18.6 Å². The van der Waals surface area contributed by atoms with Gasteiger partial charge in [0.15, 0.2) is 0 Å². The summed E-state index contributed by atoms with van der Waals surface area (Å²) in [6.07, 6.45) is 5.15. The number of rotatable bonds is 2. The van der Waals surface area contributed by atoms with Gasteiger partial charge in [-0.05, 0) is 0 Å². The summed E-state index contributed by atoms with van der Waals surface area (Å²) in [4.78, 5) is 24.6. The van der Waals surface area contributed by atoms with Crippen molar-refractivity contribution in [2.45, 2.75) is 0 Å². The van der Waals surface area contributed by atoms with Gasteiger partial charge in [0.05, 0.1) is 12.1 Å². The Bertz CT molecular complexity index is 417. The molecule has 0 aliphatic carbocycles. The highest BCUT2D eigenvalue weighted by molar-refractivity contribution is 5.85. The second-order valence-corrected chi connectivity index (χ2v) is 4.73. The second kappa shape index (κ2) is 6.16. The molecular formula is C12H18ClN5O. The Morgan fingerprint density at radius 2 is 1.95 bits per heavy atom. The Morgan fingerprint density at radius 3 is 2.47 bits per heavy atom. The number of hydrogen-bond donors (Lipinski definition) is 1. The van der Waals surface area contributed by atoms with Crippen molar-refractivity contribution in [3.63, 3.8) is 0 Å². The van der Waals surface area contributed by atoms with E-state index in [9.17, 15) is 4.79 Å². The van der Waals surface area contributed by atoms with Crippen molar-refractivity contribution in [2.24, 2.45) is 5.92 Å². The first-order valence-electron chi connectivity index (χ1n) is 6.35. The third-order valence-electron chi connectivity index (χ3n) is 3.60. The minimum Gasteiger partial charge on any atom is -0.352 e. The molecule has 0 aromatic carbocycles. The molecule has 1 aromatic heterocycles. The number of carbonyl (C=O) groups is 1. The molecule has 1 N–H and O–H groups in total. The third-order valence-corrected chi connectivity index (χ3v) is 3.60. The molecule has 3 rings (SSSR count). The predicted octanol–water partition coefficient (Wildman–Crippen LogP) is -0.234. The van der Waals surface area contributed by atoms with E-state index in [4.69, 9.17) is 0 Å². The number of aromatic nitrogens is 2. The number of halogens is 1. The molecule has 1 aromatic rings. The highest BCUT2D eigenvalue weighted by Crippen LogP contribution is 2.14. The van der Waals surface area contributed by atoms with E-state index in [1.165, 1.54) is 0 Å². The molecule has 19 heavy (non-hydrogen) atoms. The fraction of sp³-hybridized carbons (Fsp3) is 0.583. The molecule has 3 heterocycles. The minimum absolute atomic E-state index is 0. The van der Waals surface area contributed by atoms with Crippen LogP contribution < -0.4 is 10.2 Å². The number of anilines is 1. The number of nitrogens with zero attached hydrogens (tertiary/aromatic N) is 4. The molecule has 0 unspecified atom stereocenters. The van der Waals surface area contributed by atoms with Crippen molar-refractivity contribution in [3.05, 3.63) is 18.6 Å². The second-order valence-electron chi connectivity index (χ2n) is 4.73. The lowest BCUT2D eigenvalue weighted by Gasteiger charge is -2.38. The van der Waals surface area contributed by atoms with Crippen molar-refractivity contribution >= 4 is 24.1 Å². The molecule has 2 aliphatic rings. The normalized spacial score (nSPS) is 19.6. The Balaban J connectivity index is 0.00000133. The number of nitrogens with one attached hydrogen (secondary N) is 1. The molecule has 2 fully saturated rings. The van der Waals surface area contributed by atoms with E-state index in [0.29, 0.717) is 5.91 Å². The molecule has 0 radical (unpaired) electrons. The number of amides is 1. The van der Waals surface area contributed by atoms with Crippen LogP contribution in [-0.4, -0.2) is 60.0 Å². The maximum absolute atomic E-state index is 12.1. The quantitative estimate of drug-likeness (QED) is 0.812. The fourth-order valence-corrected chi connectivity index (χ4v) is 2.33. The fourth-order valence-electron chi connectivity index (χ4n) is 2.33. The van der Waals surface area contributed by atoms with E-state index < -0.39 is 0 Å². The van der Waals surface area contributed by atoms with Crippen LogP contribution in [0.4, 0.5) is 5.82 Å². The van der Waals surface area contributed by atoms with Gasteiger partial charge in [-0.15, -0.1) is 12.4 Å². The van der Waals surface area contributed by atoms with Gasteiger partial charge in [0, 0.05) is 51.7 Å². The molecule has 104 valence electrons. The van der Waals surface area contributed by atoms with E-state index in [0.717, 1.165) is 45.1 Å². The van der Waals surface area contributed by atoms with Gasteiger partial charge in [-0.3, -0.25) is 9.78 Å². The molecule has 0 bridgehead atoms. The zero-order valence-corrected chi connectivity index (χ0v) is 11.5. The van der Waals surface area contributed by atoms with Gasteiger partial charge in [0.2, 0.25) is 5.91 Å². The highest BCUT2D eigenvalue weighted by Gasteiger charge is 2.31. The van der Waals surface area contributed by atoms with Crippen LogP contribution in [0.3, 0.4) is 0 Å². The van der Waals surface area contributed by atoms with E-state index in [-0.39, 0.29) is 18.3 Å². The molecule has 0 atom stereocenters. The van der Waals surface area contributed by atoms with Gasteiger partial charge in [-0.25, -0.2) is 4.98 Å². The third kappa shape index (κ3) is 2.96. The Labute approximate surface area is 118 Å². The van der Waals surface area contributed by atoms with Gasteiger partial charge < -0.3 is 15.1 Å². The van der Waals surface area contributed by atoms with Crippen LogP contribution in [0.2, 0.25) is 0 Å². The van der Waals surface area contributed by atoms with Crippen LogP contribution in [0, 0.1) is 5.92 Å². The highest BCUT2D eigenvalue weighted by atomic mass is 35.5. The van der Waals surface area contributed by atoms with E-state index >= 15 is 0 Å². The SMILES string of the molecule is Cl.O=C(C1CNC1)N1CCN(c2cnccn2)CC1. The van der Waals surface area contributed by atoms with Crippen LogP contribution in [0.1, 0.15) is 0 Å². The minimum atomic E-state index is 0. The van der Waals surface area contributed by atoms with Gasteiger partial charge in [-0.1, -0.05) is 0 Å². The first kappa shape index (κ1) is 14.0. The Hall–Kier alpha value is -1.40. The van der Waals surface area contributed by atoms with Crippen molar-refractivity contribution in [1.29, 1.82) is 0 Å². The molecular weight excluding hydrogens is 266 g/mol. The summed E-state index contributed by atoms with van der Waals surface area (Å²) in [5, 5.41) is 3.14. The van der Waals surface area contributed by atoms with Crippen molar-refractivity contribution in [1.82, 2.24) is 20.2 Å². The van der Waals surface area contributed by atoms with Crippen molar-refractivity contribution < 1.29 is 4.79 Å². The molecule has 0 spiro atoms. The molecule has 2 saturated heterocycles. The lowest BCUT2D eigenvalue weighted by atomic mass is 10.0. The van der Waals surface area contributed by atoms with Crippen molar-refractivity contribution in [3.8, 4) is 0 Å². The number of hydrogen-bond acceptors (Lipinski definition) is 5. The molecule has 1 amide bonds. The van der Waals surface area contributed by atoms with E-state index in [2.05, 4.69) is 20.2 Å². The zero-order valence-electron chi connectivity index (χ0n) is 10.7. The topological polar surface area (TPSA) is 61.4 Å². The summed E-state index contributed by atoms with van der Waals surface area (Å²) in [5.74, 6) is 1.40. The smallest absolute Gasteiger partial charge is 0.228 e. The van der Waals surface area contributed by atoms with Crippen LogP contribution in [0.25, 0.3) is 0 Å². The van der Waals surface area contributed by atoms with Gasteiger partial charge in [0.1, 0.15) is 5.82 Å². The summed E-state index contributed by atoms with van der Waals surface area (Å²) >= 11 is 0. The van der Waals surface area contributed by atoms with Gasteiger partial charge in [0.25, 0.3) is 0 Å². The standard InChI is InChI=1S/C12H17N5O.ClH/c18-12(10-7-14-8-10)17-5-3-16(4-6-17)11-9-13-1-2-15-11;/h1-2,9-10,14H,3-8H2;1H. The molecule has 7 heteroatoms. The van der Waals surface area contributed by atoms with Crippen LogP contribution in [0.5, 0.6) is 0 Å². The number of piperazine rings is 1. The summed E-state index contributed by atoms with van der Waals surface area (Å²) in [7, 11) is 0. The summed E-state index contributed by atoms with van der Waals surface area (Å²) in [5.41, 5.74) is 0. The lowest BCUT2D eigenvalue weighted by molar-refractivity contribution is -0.137. The largest absolute Gasteiger partial charge is 0.352 e. The Morgan fingerprint density at radius 1 is 1.21 bits per heavy atom. The van der Waals surface area contributed by atoms with Crippen molar-refractivity contribution in [2.75, 3.05) is 44.2 Å². The van der Waals surface area contributed by atoms with Crippen LogP contribution in [-0.2, 0) is 4.79 Å². The first-order valence-corrected chi connectivity index (χ1v) is 6.35. The summed E-state index contributed by atoms with van der Waals surface area (Å²) < 4.78 is 0. The van der Waals surface area contributed by atoms with Gasteiger partial charge >= 0.3 is 0 Å². The zero-order chi connectivity index (χ0) is 12.4. The average Bonchev–Trinajstić information content (AvgIpc) is 2.38. The number of carbonyl (C=O) groups excluding carboxylic acids is 1. The summed E-state index contributed by atoms with van der Waals surface area (Å²) in [6, 6.07) is 0. The summed E-state index contributed by atoms with van der Waals surface area (Å²) in [6.45, 7) is 4.92. The maximum atomic E-state index is 12.1.